The molecule has 0 unspecified atom stereocenters. The van der Waals surface area contributed by atoms with Gasteiger partial charge in [-0.05, 0) is 12.1 Å². The Morgan fingerprint density at radius 3 is 1.85 bits per heavy atom. The van der Waals surface area contributed by atoms with E-state index in [2.05, 4.69) is 17.6 Å². The Hall–Kier alpha value is -0.590. The van der Waals surface area contributed by atoms with Crippen molar-refractivity contribution in [3.63, 3.8) is 0 Å². The SMILES string of the molecule is O=S(=O)(O)CCS.c1ccncc1. The lowest BCUT2D eigenvalue weighted by atomic mass is 10.5. The second-order valence-corrected chi connectivity index (χ2v) is 4.05. The number of pyridine rings is 1. The molecule has 1 aromatic rings. The molecular weight excluding hydrogens is 210 g/mol. The summed E-state index contributed by atoms with van der Waals surface area (Å²) in [5.74, 6) is -0.102. The van der Waals surface area contributed by atoms with Gasteiger partial charge in [-0.1, -0.05) is 6.07 Å². The third kappa shape index (κ3) is 11.4. The van der Waals surface area contributed by atoms with Crippen LogP contribution in [0.4, 0.5) is 0 Å². The zero-order valence-electron chi connectivity index (χ0n) is 6.87. The van der Waals surface area contributed by atoms with Crippen molar-refractivity contribution < 1.29 is 13.0 Å². The van der Waals surface area contributed by atoms with Crippen molar-refractivity contribution in [1.82, 2.24) is 4.98 Å². The van der Waals surface area contributed by atoms with Crippen LogP contribution in [0.5, 0.6) is 0 Å². The lowest BCUT2D eigenvalue weighted by Gasteiger charge is -1.85. The van der Waals surface area contributed by atoms with Gasteiger partial charge in [-0.2, -0.15) is 21.0 Å². The molecule has 1 heterocycles. The van der Waals surface area contributed by atoms with Crippen molar-refractivity contribution in [3.8, 4) is 0 Å². The molecule has 74 valence electrons. The molecule has 0 radical (unpaired) electrons. The normalized spacial score (nSPS) is 10.0. The van der Waals surface area contributed by atoms with Gasteiger partial charge in [-0.3, -0.25) is 9.54 Å². The van der Waals surface area contributed by atoms with Crippen LogP contribution in [0, 0.1) is 0 Å². The highest BCUT2D eigenvalue weighted by Gasteiger charge is 1.98. The molecule has 0 aromatic carbocycles. The number of aromatic nitrogens is 1. The third-order valence-corrected chi connectivity index (χ3v) is 2.16. The Morgan fingerprint density at radius 1 is 1.23 bits per heavy atom. The molecule has 0 fully saturated rings. The van der Waals surface area contributed by atoms with Crippen LogP contribution in [-0.4, -0.2) is 29.5 Å². The molecule has 0 amide bonds. The number of rotatable bonds is 2. The van der Waals surface area contributed by atoms with E-state index in [1.54, 1.807) is 12.4 Å². The van der Waals surface area contributed by atoms with Crippen molar-refractivity contribution in [2.75, 3.05) is 11.5 Å². The standard InChI is InChI=1S/C5H5N.C2H6O3S2/c1-2-4-6-5-3-1;3-7(4,5)2-1-6/h1-5H;6H,1-2H2,(H,3,4,5). The average molecular weight is 221 g/mol. The van der Waals surface area contributed by atoms with Crippen LogP contribution < -0.4 is 0 Å². The zero-order chi connectivity index (χ0) is 10.2. The van der Waals surface area contributed by atoms with E-state index in [0.29, 0.717) is 0 Å². The molecule has 1 rings (SSSR count). The first kappa shape index (κ1) is 12.4. The van der Waals surface area contributed by atoms with E-state index in [-0.39, 0.29) is 11.5 Å². The smallest absolute Gasteiger partial charge is 0.265 e. The molecule has 0 spiro atoms. The second-order valence-electron chi connectivity index (χ2n) is 2.03. The minimum atomic E-state index is -3.75. The van der Waals surface area contributed by atoms with Crippen LogP contribution >= 0.6 is 12.6 Å². The molecule has 13 heavy (non-hydrogen) atoms. The van der Waals surface area contributed by atoms with Crippen LogP contribution in [0.3, 0.4) is 0 Å². The maximum absolute atomic E-state index is 9.74. The molecule has 0 aliphatic rings. The van der Waals surface area contributed by atoms with E-state index >= 15 is 0 Å². The van der Waals surface area contributed by atoms with E-state index in [4.69, 9.17) is 4.55 Å². The molecule has 1 N–H and O–H groups in total. The molecule has 6 heteroatoms. The lowest BCUT2D eigenvalue weighted by Crippen LogP contribution is -2.03. The fraction of sp³-hybridized carbons (Fsp3) is 0.286. The summed E-state index contributed by atoms with van der Waals surface area (Å²) < 4.78 is 27.4. The quantitative estimate of drug-likeness (QED) is 0.575. The van der Waals surface area contributed by atoms with Gasteiger partial charge in [0.25, 0.3) is 10.1 Å². The van der Waals surface area contributed by atoms with Gasteiger partial charge < -0.3 is 0 Å². The van der Waals surface area contributed by atoms with Crippen LogP contribution in [0.1, 0.15) is 0 Å². The summed E-state index contributed by atoms with van der Waals surface area (Å²) in [4.78, 5) is 3.78. The van der Waals surface area contributed by atoms with Gasteiger partial charge in [0.2, 0.25) is 0 Å². The highest BCUT2D eigenvalue weighted by molar-refractivity contribution is 7.87. The number of hydrogen-bond donors (Lipinski definition) is 2. The molecule has 0 atom stereocenters. The van der Waals surface area contributed by atoms with Gasteiger partial charge in [0, 0.05) is 18.1 Å². The zero-order valence-corrected chi connectivity index (χ0v) is 8.58. The summed E-state index contributed by atoms with van der Waals surface area (Å²) >= 11 is 3.57. The Kier molecular flexibility index (Phi) is 6.56. The number of thiol groups is 1. The predicted octanol–water partition coefficient (Wildman–Crippen LogP) is 0.886. The fourth-order valence-electron chi connectivity index (χ4n) is 0.428. The Morgan fingerprint density at radius 2 is 1.77 bits per heavy atom. The Bertz CT molecular complexity index is 272. The summed E-state index contributed by atoms with van der Waals surface area (Å²) in [5.41, 5.74) is 0. The molecule has 0 aliphatic heterocycles. The van der Waals surface area contributed by atoms with Crippen molar-refractivity contribution in [3.05, 3.63) is 30.6 Å². The molecule has 0 saturated heterocycles. The summed E-state index contributed by atoms with van der Waals surface area (Å²) in [5, 5.41) is 0. The third-order valence-electron chi connectivity index (χ3n) is 0.916. The van der Waals surface area contributed by atoms with Crippen molar-refractivity contribution in [2.24, 2.45) is 0 Å². The number of nitrogens with zero attached hydrogens (tertiary/aromatic N) is 1. The van der Waals surface area contributed by atoms with Crippen molar-refractivity contribution >= 4 is 22.7 Å². The minimum absolute atomic E-state index is 0.166. The molecule has 4 nitrogen and oxygen atoms in total. The van der Waals surface area contributed by atoms with E-state index in [1.165, 1.54) is 0 Å². The van der Waals surface area contributed by atoms with E-state index < -0.39 is 10.1 Å². The topological polar surface area (TPSA) is 67.3 Å². The van der Waals surface area contributed by atoms with Gasteiger partial charge >= 0.3 is 0 Å². The first-order chi connectivity index (χ1) is 6.06. The van der Waals surface area contributed by atoms with Crippen LogP contribution in [0.2, 0.25) is 0 Å². The monoisotopic (exact) mass is 221 g/mol. The lowest BCUT2D eigenvalue weighted by molar-refractivity contribution is 0.485. The van der Waals surface area contributed by atoms with Crippen LogP contribution in [-0.2, 0) is 10.1 Å². The summed E-state index contributed by atoms with van der Waals surface area (Å²) in [7, 11) is -3.75. The van der Waals surface area contributed by atoms with Crippen molar-refractivity contribution in [1.29, 1.82) is 0 Å². The first-order valence-corrected chi connectivity index (χ1v) is 5.71. The highest BCUT2D eigenvalue weighted by atomic mass is 32.2. The van der Waals surface area contributed by atoms with Gasteiger partial charge in [0.05, 0.1) is 5.75 Å². The summed E-state index contributed by atoms with van der Waals surface area (Å²) in [6.07, 6.45) is 3.50. The second kappa shape index (κ2) is 6.88. The fourth-order valence-corrected chi connectivity index (χ4v) is 1.35. The number of hydrogen-bond acceptors (Lipinski definition) is 4. The largest absolute Gasteiger partial charge is 0.286 e. The summed E-state index contributed by atoms with van der Waals surface area (Å²) in [6.45, 7) is 0. The minimum Gasteiger partial charge on any atom is -0.286 e. The summed E-state index contributed by atoms with van der Waals surface area (Å²) in [6, 6.07) is 5.72. The Balaban J connectivity index is 0.000000223. The van der Waals surface area contributed by atoms with E-state index in [0.717, 1.165) is 0 Å². The average Bonchev–Trinajstić information content (AvgIpc) is 2.06. The molecule has 0 aliphatic carbocycles. The Labute approximate surface area is 83.2 Å². The molecule has 0 bridgehead atoms. The highest BCUT2D eigenvalue weighted by Crippen LogP contribution is 1.81. The maximum atomic E-state index is 9.74. The van der Waals surface area contributed by atoms with E-state index in [9.17, 15) is 8.42 Å². The molecule has 1 aromatic heterocycles. The van der Waals surface area contributed by atoms with Gasteiger partial charge in [0.15, 0.2) is 0 Å². The van der Waals surface area contributed by atoms with Gasteiger partial charge in [0.1, 0.15) is 0 Å². The van der Waals surface area contributed by atoms with Crippen LogP contribution in [0.25, 0.3) is 0 Å². The van der Waals surface area contributed by atoms with Crippen LogP contribution in [0.15, 0.2) is 30.6 Å². The predicted molar refractivity (Wildman–Crippen MR) is 54.5 cm³/mol. The van der Waals surface area contributed by atoms with Crippen molar-refractivity contribution in [2.45, 2.75) is 0 Å². The van der Waals surface area contributed by atoms with E-state index in [1.807, 2.05) is 18.2 Å². The van der Waals surface area contributed by atoms with Gasteiger partial charge in [-0.15, -0.1) is 0 Å². The maximum Gasteiger partial charge on any atom is 0.265 e. The first-order valence-electron chi connectivity index (χ1n) is 3.47. The molecular formula is C7H11NO3S2. The van der Waals surface area contributed by atoms with Gasteiger partial charge in [-0.25, -0.2) is 0 Å². The molecule has 0 saturated carbocycles.